The van der Waals surface area contributed by atoms with Gasteiger partial charge in [-0.25, -0.2) is 9.37 Å². The molecule has 0 spiro atoms. The molecule has 0 saturated heterocycles. The van der Waals surface area contributed by atoms with Crippen molar-refractivity contribution >= 4 is 15.9 Å². The van der Waals surface area contributed by atoms with Gasteiger partial charge < -0.3 is 13.8 Å². The van der Waals surface area contributed by atoms with Gasteiger partial charge in [-0.05, 0) is 42.0 Å². The Balaban J connectivity index is 1.42. The number of imidazole rings is 1. The Bertz CT molecular complexity index is 1140. The second kappa shape index (κ2) is 6.96. The molecule has 8 heteroatoms. The normalized spacial score (nSPS) is 16.1. The van der Waals surface area contributed by atoms with Crippen LogP contribution in [0.3, 0.4) is 0 Å². The summed E-state index contributed by atoms with van der Waals surface area (Å²) >= 11 is 3.41. The highest BCUT2D eigenvalue weighted by atomic mass is 79.9. The molecule has 140 valence electrons. The van der Waals surface area contributed by atoms with E-state index in [0.29, 0.717) is 30.6 Å². The largest absolute Gasteiger partial charge is 0.365 e. The van der Waals surface area contributed by atoms with Gasteiger partial charge in [-0.1, -0.05) is 33.2 Å². The molecule has 0 aliphatic carbocycles. The van der Waals surface area contributed by atoms with Gasteiger partial charge in [0.15, 0.2) is 5.69 Å². The number of nitrogens with zero attached hydrogens (tertiary/aromatic N) is 4. The predicted octanol–water partition coefficient (Wildman–Crippen LogP) is 4.77. The molecule has 4 aromatic rings. The van der Waals surface area contributed by atoms with E-state index >= 15 is 0 Å². The molecule has 0 unspecified atom stereocenters. The van der Waals surface area contributed by atoms with E-state index in [1.54, 1.807) is 12.4 Å². The number of hydrogen-bond acceptors (Lipinski definition) is 5. The van der Waals surface area contributed by atoms with Crippen LogP contribution in [0, 0.1) is 5.82 Å². The Morgan fingerprint density at radius 3 is 2.82 bits per heavy atom. The molecule has 0 bridgehead atoms. The van der Waals surface area contributed by atoms with Crippen LogP contribution in [0.25, 0.3) is 23.0 Å². The zero-order chi connectivity index (χ0) is 19.1. The smallest absolute Gasteiger partial charge is 0.278 e. The molecule has 0 N–H and O–H groups in total. The molecule has 0 fully saturated rings. The average Bonchev–Trinajstić information content (AvgIpc) is 3.35. The SMILES string of the molecule is Fc1cccc([C@H]2Cn3cnc(-c4nc(-c5ccc(Br)cc5)no4)c3CO2)c1. The molecular formula is C20H14BrFN4O2. The fourth-order valence-corrected chi connectivity index (χ4v) is 3.51. The van der Waals surface area contributed by atoms with Gasteiger partial charge in [-0.2, -0.15) is 4.98 Å². The van der Waals surface area contributed by atoms with Gasteiger partial charge in [0.25, 0.3) is 5.89 Å². The monoisotopic (exact) mass is 440 g/mol. The third-order valence-corrected chi connectivity index (χ3v) is 5.21. The molecule has 1 aliphatic rings. The van der Waals surface area contributed by atoms with E-state index in [9.17, 15) is 4.39 Å². The van der Waals surface area contributed by atoms with Crippen molar-refractivity contribution < 1.29 is 13.7 Å². The second-order valence-corrected chi connectivity index (χ2v) is 7.39. The predicted molar refractivity (Wildman–Crippen MR) is 103 cm³/mol. The first-order valence-corrected chi connectivity index (χ1v) is 9.48. The lowest BCUT2D eigenvalue weighted by Crippen LogP contribution is -2.20. The zero-order valence-corrected chi connectivity index (χ0v) is 16.1. The lowest BCUT2D eigenvalue weighted by molar-refractivity contribution is 0.00314. The van der Waals surface area contributed by atoms with Crippen molar-refractivity contribution in [3.63, 3.8) is 0 Å². The Kier molecular flexibility index (Phi) is 4.29. The van der Waals surface area contributed by atoms with Crippen LogP contribution in [0.2, 0.25) is 0 Å². The van der Waals surface area contributed by atoms with E-state index in [1.807, 2.05) is 34.9 Å². The standard InChI is InChI=1S/C20H14BrFN4O2/c21-14-6-4-12(5-7-14)19-24-20(28-25-19)18-16-10-27-17(9-26(16)11-23-18)13-2-1-3-15(22)8-13/h1-8,11,17H,9-10H2/t17-/m1/s1. The lowest BCUT2D eigenvalue weighted by Gasteiger charge is -2.25. The zero-order valence-electron chi connectivity index (χ0n) is 14.5. The average molecular weight is 441 g/mol. The minimum Gasteiger partial charge on any atom is -0.365 e. The number of hydrogen-bond donors (Lipinski definition) is 0. The lowest BCUT2D eigenvalue weighted by atomic mass is 10.1. The van der Waals surface area contributed by atoms with E-state index in [2.05, 4.69) is 31.1 Å². The number of halogens is 2. The molecular weight excluding hydrogens is 427 g/mol. The quantitative estimate of drug-likeness (QED) is 0.458. The summed E-state index contributed by atoms with van der Waals surface area (Å²) in [6.07, 6.45) is 1.49. The van der Waals surface area contributed by atoms with E-state index in [4.69, 9.17) is 9.26 Å². The minimum atomic E-state index is -0.274. The summed E-state index contributed by atoms with van der Waals surface area (Å²) in [4.78, 5) is 8.92. The first-order chi connectivity index (χ1) is 13.7. The van der Waals surface area contributed by atoms with Gasteiger partial charge in [-0.3, -0.25) is 0 Å². The van der Waals surface area contributed by atoms with Crippen LogP contribution in [0.5, 0.6) is 0 Å². The number of benzene rings is 2. The topological polar surface area (TPSA) is 66.0 Å². The van der Waals surface area contributed by atoms with Crippen LogP contribution in [-0.2, 0) is 17.9 Å². The Hall–Kier alpha value is -2.84. The van der Waals surface area contributed by atoms with Crippen molar-refractivity contribution in [1.82, 2.24) is 19.7 Å². The summed E-state index contributed by atoms with van der Waals surface area (Å²) < 4.78 is 27.8. The van der Waals surface area contributed by atoms with Crippen molar-refractivity contribution in [3.8, 4) is 23.0 Å². The summed E-state index contributed by atoms with van der Waals surface area (Å²) in [6, 6.07) is 14.1. The van der Waals surface area contributed by atoms with Gasteiger partial charge in [0.05, 0.1) is 25.2 Å². The van der Waals surface area contributed by atoms with Gasteiger partial charge in [0.2, 0.25) is 5.82 Å². The number of fused-ring (bicyclic) bond motifs is 1. The number of ether oxygens (including phenoxy) is 1. The number of aromatic nitrogens is 4. The third kappa shape index (κ3) is 3.14. The highest BCUT2D eigenvalue weighted by Crippen LogP contribution is 2.32. The minimum absolute atomic E-state index is 0.230. The summed E-state index contributed by atoms with van der Waals surface area (Å²) in [6.45, 7) is 0.867. The van der Waals surface area contributed by atoms with Crippen LogP contribution in [-0.4, -0.2) is 19.7 Å². The summed E-state index contributed by atoms with van der Waals surface area (Å²) in [5.41, 5.74) is 3.12. The van der Waals surface area contributed by atoms with Crippen molar-refractivity contribution in [2.24, 2.45) is 0 Å². The van der Waals surface area contributed by atoms with Crippen molar-refractivity contribution in [1.29, 1.82) is 0 Å². The Labute approximate surface area is 168 Å². The molecule has 5 rings (SSSR count). The van der Waals surface area contributed by atoms with Gasteiger partial charge in [0.1, 0.15) is 11.9 Å². The van der Waals surface area contributed by atoms with E-state index in [1.165, 1.54) is 12.1 Å². The van der Waals surface area contributed by atoms with E-state index in [0.717, 1.165) is 21.3 Å². The fourth-order valence-electron chi connectivity index (χ4n) is 3.25. The molecule has 0 amide bonds. The van der Waals surface area contributed by atoms with Gasteiger partial charge in [0, 0.05) is 10.0 Å². The highest BCUT2D eigenvalue weighted by molar-refractivity contribution is 9.10. The Morgan fingerprint density at radius 1 is 1.14 bits per heavy atom. The molecule has 6 nitrogen and oxygen atoms in total. The fraction of sp³-hybridized carbons (Fsp3) is 0.150. The van der Waals surface area contributed by atoms with Crippen molar-refractivity contribution in [2.45, 2.75) is 19.3 Å². The van der Waals surface area contributed by atoms with Crippen molar-refractivity contribution in [2.75, 3.05) is 0 Å². The summed E-state index contributed by atoms with van der Waals surface area (Å²) in [7, 11) is 0. The maximum Gasteiger partial charge on any atom is 0.278 e. The first kappa shape index (κ1) is 17.3. The maximum absolute atomic E-state index is 13.5. The maximum atomic E-state index is 13.5. The second-order valence-electron chi connectivity index (χ2n) is 6.48. The molecule has 1 aliphatic heterocycles. The van der Waals surface area contributed by atoms with E-state index < -0.39 is 0 Å². The molecule has 3 heterocycles. The van der Waals surface area contributed by atoms with Crippen LogP contribution in [0.1, 0.15) is 17.4 Å². The van der Waals surface area contributed by atoms with Gasteiger partial charge >= 0.3 is 0 Å². The highest BCUT2D eigenvalue weighted by Gasteiger charge is 2.26. The molecule has 0 radical (unpaired) electrons. The van der Waals surface area contributed by atoms with Crippen LogP contribution >= 0.6 is 15.9 Å². The van der Waals surface area contributed by atoms with E-state index in [-0.39, 0.29) is 11.9 Å². The van der Waals surface area contributed by atoms with Crippen LogP contribution in [0.15, 0.2) is 63.9 Å². The molecule has 2 aromatic carbocycles. The molecule has 0 saturated carbocycles. The number of rotatable bonds is 3. The van der Waals surface area contributed by atoms with Gasteiger partial charge in [-0.15, -0.1) is 0 Å². The van der Waals surface area contributed by atoms with Crippen molar-refractivity contribution in [3.05, 3.63) is 76.4 Å². The molecule has 2 aromatic heterocycles. The summed E-state index contributed by atoms with van der Waals surface area (Å²) in [5.74, 6) is 0.572. The molecule has 1 atom stereocenters. The first-order valence-electron chi connectivity index (χ1n) is 8.68. The Morgan fingerprint density at radius 2 is 2.00 bits per heavy atom. The molecule has 28 heavy (non-hydrogen) atoms. The third-order valence-electron chi connectivity index (χ3n) is 4.68. The van der Waals surface area contributed by atoms with Crippen LogP contribution in [0.4, 0.5) is 4.39 Å². The van der Waals surface area contributed by atoms with Crippen LogP contribution < -0.4 is 0 Å². The summed E-state index contributed by atoms with van der Waals surface area (Å²) in [5, 5.41) is 4.06.